The summed E-state index contributed by atoms with van der Waals surface area (Å²) >= 11 is 1.78. The van der Waals surface area contributed by atoms with Gasteiger partial charge in [0.05, 0.1) is 22.8 Å². The number of nitrogens with one attached hydrogen (secondary N) is 1. The van der Waals surface area contributed by atoms with Crippen LogP contribution in [-0.2, 0) is 4.79 Å². The molecule has 1 amide bonds. The van der Waals surface area contributed by atoms with E-state index in [0.717, 1.165) is 36.3 Å². The van der Waals surface area contributed by atoms with Gasteiger partial charge in [-0.25, -0.2) is 4.98 Å². The van der Waals surface area contributed by atoms with Gasteiger partial charge in [-0.15, -0.1) is 11.3 Å². The fourth-order valence-corrected chi connectivity index (χ4v) is 5.43. The molecule has 2 fully saturated rings. The Morgan fingerprint density at radius 2 is 2.08 bits per heavy atom. The molecule has 3 atom stereocenters. The average molecular weight is 358 g/mol. The van der Waals surface area contributed by atoms with Crippen LogP contribution in [0.25, 0.3) is 10.2 Å². The van der Waals surface area contributed by atoms with Crippen molar-refractivity contribution in [3.63, 3.8) is 0 Å². The monoisotopic (exact) mass is 357 g/mol. The minimum atomic E-state index is 0.187. The normalized spacial score (nSPS) is 27.6. The first-order valence-corrected chi connectivity index (χ1v) is 10.4. The van der Waals surface area contributed by atoms with Gasteiger partial charge in [0.1, 0.15) is 5.01 Å². The highest BCUT2D eigenvalue weighted by atomic mass is 32.1. The zero-order chi connectivity index (χ0) is 17.2. The van der Waals surface area contributed by atoms with Crippen molar-refractivity contribution in [3.05, 3.63) is 29.3 Å². The number of hydrogen-bond donors (Lipinski definition) is 1. The molecule has 4 rings (SSSR count). The Morgan fingerprint density at radius 1 is 1.24 bits per heavy atom. The number of fused-ring (bicyclic) bond motifs is 1. The molecule has 0 spiro atoms. The van der Waals surface area contributed by atoms with Crippen LogP contribution in [0.4, 0.5) is 0 Å². The topological polar surface area (TPSA) is 45.2 Å². The third kappa shape index (κ3) is 3.72. The van der Waals surface area contributed by atoms with Crippen LogP contribution in [0, 0.1) is 5.92 Å². The van der Waals surface area contributed by atoms with Gasteiger partial charge in [0.15, 0.2) is 0 Å². The molecular weight excluding hydrogens is 330 g/mol. The van der Waals surface area contributed by atoms with E-state index in [-0.39, 0.29) is 5.91 Å². The lowest BCUT2D eigenvalue weighted by atomic mass is 9.86. The lowest BCUT2D eigenvalue weighted by Crippen LogP contribution is -2.45. The summed E-state index contributed by atoms with van der Waals surface area (Å²) in [4.78, 5) is 19.7. The van der Waals surface area contributed by atoms with Crippen LogP contribution in [0.3, 0.4) is 0 Å². The van der Waals surface area contributed by atoms with Gasteiger partial charge in [-0.3, -0.25) is 9.69 Å². The molecule has 4 nitrogen and oxygen atoms in total. The van der Waals surface area contributed by atoms with E-state index in [9.17, 15) is 4.79 Å². The molecule has 1 N–H and O–H groups in total. The smallest absolute Gasteiger partial charge is 0.234 e. The van der Waals surface area contributed by atoms with Crippen molar-refractivity contribution >= 4 is 27.5 Å². The molecule has 1 aromatic heterocycles. The Morgan fingerprint density at radius 3 is 2.92 bits per heavy atom. The van der Waals surface area contributed by atoms with Crippen molar-refractivity contribution in [2.24, 2.45) is 5.92 Å². The molecule has 1 aromatic carbocycles. The van der Waals surface area contributed by atoms with Crippen LogP contribution in [0.1, 0.15) is 56.5 Å². The zero-order valence-electron chi connectivity index (χ0n) is 14.9. The number of amides is 1. The molecule has 1 saturated heterocycles. The van der Waals surface area contributed by atoms with Gasteiger partial charge < -0.3 is 5.32 Å². The van der Waals surface area contributed by atoms with E-state index in [0.29, 0.717) is 24.5 Å². The minimum Gasteiger partial charge on any atom is -0.352 e. The molecule has 1 saturated carbocycles. The van der Waals surface area contributed by atoms with Crippen molar-refractivity contribution in [1.82, 2.24) is 15.2 Å². The van der Waals surface area contributed by atoms with Crippen LogP contribution in [0.5, 0.6) is 0 Å². The second kappa shape index (κ2) is 7.42. The van der Waals surface area contributed by atoms with E-state index in [1.54, 1.807) is 11.3 Å². The maximum absolute atomic E-state index is 12.6. The summed E-state index contributed by atoms with van der Waals surface area (Å²) in [5.74, 6) is 0.795. The molecule has 2 aliphatic rings. The van der Waals surface area contributed by atoms with E-state index in [4.69, 9.17) is 4.98 Å². The lowest BCUT2D eigenvalue weighted by molar-refractivity contribution is -0.123. The molecular formula is C20H27N3OS. The van der Waals surface area contributed by atoms with E-state index < -0.39 is 0 Å². The Kier molecular flexibility index (Phi) is 5.04. The third-order valence-corrected chi connectivity index (χ3v) is 6.90. The molecule has 0 radical (unpaired) electrons. The van der Waals surface area contributed by atoms with Crippen molar-refractivity contribution in [1.29, 1.82) is 0 Å². The maximum Gasteiger partial charge on any atom is 0.234 e. The molecule has 0 unspecified atom stereocenters. The number of para-hydroxylation sites is 1. The number of carbonyl (C=O) groups excluding carboxylic acids is 1. The van der Waals surface area contributed by atoms with Crippen LogP contribution in [0.15, 0.2) is 24.3 Å². The number of thiazole rings is 1. The van der Waals surface area contributed by atoms with Gasteiger partial charge in [-0.1, -0.05) is 31.9 Å². The zero-order valence-corrected chi connectivity index (χ0v) is 15.7. The van der Waals surface area contributed by atoms with E-state index >= 15 is 0 Å². The third-order valence-electron chi connectivity index (χ3n) is 5.76. The summed E-state index contributed by atoms with van der Waals surface area (Å²) in [6, 6.07) is 8.97. The Labute approximate surface area is 153 Å². The highest BCUT2D eigenvalue weighted by Crippen LogP contribution is 2.36. The van der Waals surface area contributed by atoms with E-state index in [1.165, 1.54) is 24.0 Å². The lowest BCUT2D eigenvalue weighted by Gasteiger charge is -2.30. The molecule has 5 heteroatoms. The van der Waals surface area contributed by atoms with Gasteiger partial charge in [0.2, 0.25) is 5.91 Å². The number of carbonyl (C=O) groups is 1. The van der Waals surface area contributed by atoms with Crippen LogP contribution < -0.4 is 5.32 Å². The predicted octanol–water partition coefficient (Wildman–Crippen LogP) is 4.13. The van der Waals surface area contributed by atoms with Gasteiger partial charge >= 0.3 is 0 Å². The van der Waals surface area contributed by atoms with Crippen molar-refractivity contribution in [2.45, 2.75) is 57.5 Å². The molecule has 2 aromatic rings. The maximum atomic E-state index is 12.6. The van der Waals surface area contributed by atoms with Crippen molar-refractivity contribution in [3.8, 4) is 0 Å². The predicted molar refractivity (Wildman–Crippen MR) is 103 cm³/mol. The standard InChI is InChI=1S/C20H27N3OS/c1-14-7-2-3-8-15(14)21-19(24)13-23-12-6-10-17(23)20-22-16-9-4-5-11-18(16)25-20/h4-5,9,11,14-15,17H,2-3,6-8,10,12-13H2,1H3,(H,21,24)/t14-,15-,17-/m1/s1. The summed E-state index contributed by atoms with van der Waals surface area (Å²) in [5.41, 5.74) is 1.08. The summed E-state index contributed by atoms with van der Waals surface area (Å²) in [5, 5.41) is 4.46. The second-order valence-electron chi connectivity index (χ2n) is 7.58. The number of rotatable bonds is 4. The SMILES string of the molecule is C[C@@H]1CCCC[C@H]1NC(=O)CN1CCC[C@@H]1c1nc2ccccc2s1. The van der Waals surface area contributed by atoms with Crippen LogP contribution in [-0.4, -0.2) is 34.9 Å². The van der Waals surface area contributed by atoms with Gasteiger partial charge in [-0.05, 0) is 50.3 Å². The molecule has 1 aliphatic carbocycles. The highest BCUT2D eigenvalue weighted by molar-refractivity contribution is 7.18. The van der Waals surface area contributed by atoms with E-state index in [2.05, 4.69) is 35.3 Å². The summed E-state index contributed by atoms with van der Waals surface area (Å²) in [6.45, 7) is 3.77. The van der Waals surface area contributed by atoms with Crippen molar-refractivity contribution in [2.75, 3.05) is 13.1 Å². The molecule has 2 heterocycles. The number of likely N-dealkylation sites (tertiary alicyclic amines) is 1. The summed E-state index contributed by atoms with van der Waals surface area (Å²) in [6.07, 6.45) is 7.17. The molecule has 0 bridgehead atoms. The van der Waals surface area contributed by atoms with Crippen LogP contribution in [0.2, 0.25) is 0 Å². The fraction of sp³-hybridized carbons (Fsp3) is 0.600. The Bertz CT molecular complexity index is 710. The summed E-state index contributed by atoms with van der Waals surface area (Å²) < 4.78 is 1.24. The summed E-state index contributed by atoms with van der Waals surface area (Å²) in [7, 11) is 0. The van der Waals surface area contributed by atoms with Gasteiger partial charge in [0, 0.05) is 6.04 Å². The van der Waals surface area contributed by atoms with Gasteiger partial charge in [0.25, 0.3) is 0 Å². The largest absolute Gasteiger partial charge is 0.352 e. The highest BCUT2D eigenvalue weighted by Gasteiger charge is 2.31. The number of nitrogens with zero attached hydrogens (tertiary/aromatic N) is 2. The second-order valence-corrected chi connectivity index (χ2v) is 8.65. The first-order valence-electron chi connectivity index (χ1n) is 9.59. The van der Waals surface area contributed by atoms with E-state index in [1.807, 2.05) is 6.07 Å². The first kappa shape index (κ1) is 17.0. The minimum absolute atomic E-state index is 0.187. The fourth-order valence-electron chi connectivity index (χ4n) is 4.30. The molecule has 1 aliphatic heterocycles. The number of benzene rings is 1. The molecule has 25 heavy (non-hydrogen) atoms. The van der Waals surface area contributed by atoms with Crippen LogP contribution >= 0.6 is 11.3 Å². The Balaban J connectivity index is 1.41. The quantitative estimate of drug-likeness (QED) is 0.895. The first-order chi connectivity index (χ1) is 12.2. The molecule has 134 valence electrons. The van der Waals surface area contributed by atoms with Crippen molar-refractivity contribution < 1.29 is 4.79 Å². The number of hydrogen-bond acceptors (Lipinski definition) is 4. The average Bonchev–Trinajstić information content (AvgIpc) is 3.23. The van der Waals surface area contributed by atoms with Gasteiger partial charge in [-0.2, -0.15) is 0 Å². The Hall–Kier alpha value is -1.46. The number of aromatic nitrogens is 1.